The van der Waals surface area contributed by atoms with Crippen LogP contribution >= 0.6 is 0 Å². The van der Waals surface area contributed by atoms with E-state index in [0.29, 0.717) is 6.42 Å². The number of nitrogens with zero attached hydrogens (tertiary/aromatic N) is 3. The molecule has 1 fully saturated rings. The molecule has 0 saturated carbocycles. The molecule has 0 aromatic carbocycles. The van der Waals surface area contributed by atoms with Crippen molar-refractivity contribution < 1.29 is 0 Å². The summed E-state index contributed by atoms with van der Waals surface area (Å²) in [7, 11) is 0. The summed E-state index contributed by atoms with van der Waals surface area (Å²) in [5, 5.41) is 8.75. The van der Waals surface area contributed by atoms with Crippen LogP contribution in [0.15, 0.2) is 18.3 Å². The second-order valence-electron chi connectivity index (χ2n) is 3.87. The standard InChI is InChI=1S/C12H15N3/c13-7-6-11-5-4-8-14-12(11)15-9-2-1-3-10-15/h4-5,8H,1-3,6,9-10H2. The lowest BCUT2D eigenvalue weighted by Gasteiger charge is -2.28. The first-order chi connectivity index (χ1) is 7.42. The number of nitriles is 1. The van der Waals surface area contributed by atoms with E-state index >= 15 is 0 Å². The maximum atomic E-state index is 8.75. The lowest BCUT2D eigenvalue weighted by Crippen LogP contribution is -2.31. The smallest absolute Gasteiger partial charge is 0.132 e. The predicted octanol–water partition coefficient (Wildman–Crippen LogP) is 2.14. The summed E-state index contributed by atoms with van der Waals surface area (Å²) in [6.07, 6.45) is 6.06. The van der Waals surface area contributed by atoms with Gasteiger partial charge in [-0.25, -0.2) is 4.98 Å². The van der Waals surface area contributed by atoms with Gasteiger partial charge in [-0.1, -0.05) is 6.07 Å². The third-order valence-corrected chi connectivity index (χ3v) is 2.79. The molecule has 0 unspecified atom stereocenters. The van der Waals surface area contributed by atoms with Crippen molar-refractivity contribution in [2.24, 2.45) is 0 Å². The average molecular weight is 201 g/mol. The van der Waals surface area contributed by atoms with Crippen molar-refractivity contribution in [3.8, 4) is 6.07 Å². The highest BCUT2D eigenvalue weighted by Gasteiger charge is 2.14. The van der Waals surface area contributed by atoms with Gasteiger partial charge < -0.3 is 4.90 Å². The van der Waals surface area contributed by atoms with Crippen LogP contribution < -0.4 is 4.90 Å². The zero-order valence-corrected chi connectivity index (χ0v) is 8.82. The minimum absolute atomic E-state index is 0.458. The summed E-state index contributed by atoms with van der Waals surface area (Å²) in [5.41, 5.74) is 1.06. The molecule has 0 aliphatic carbocycles. The molecule has 2 heterocycles. The van der Waals surface area contributed by atoms with Crippen LogP contribution in [0.4, 0.5) is 5.82 Å². The molecule has 3 heteroatoms. The van der Waals surface area contributed by atoms with Gasteiger partial charge in [-0.3, -0.25) is 0 Å². The van der Waals surface area contributed by atoms with Crippen LogP contribution in [0.25, 0.3) is 0 Å². The summed E-state index contributed by atoms with van der Waals surface area (Å²) in [4.78, 5) is 6.70. The molecule has 1 aliphatic heterocycles. The van der Waals surface area contributed by atoms with E-state index in [1.807, 2.05) is 18.3 Å². The molecular formula is C12H15N3. The molecule has 0 atom stereocenters. The molecule has 0 N–H and O–H groups in total. The van der Waals surface area contributed by atoms with Crippen molar-refractivity contribution in [3.05, 3.63) is 23.9 Å². The molecule has 0 bridgehead atoms. The first-order valence-corrected chi connectivity index (χ1v) is 5.47. The van der Waals surface area contributed by atoms with Gasteiger partial charge in [0.25, 0.3) is 0 Å². The van der Waals surface area contributed by atoms with Crippen molar-refractivity contribution in [1.82, 2.24) is 4.98 Å². The van der Waals surface area contributed by atoms with E-state index in [0.717, 1.165) is 24.5 Å². The minimum atomic E-state index is 0.458. The SMILES string of the molecule is N#CCc1cccnc1N1CCCCC1. The van der Waals surface area contributed by atoms with Gasteiger partial charge in [0.15, 0.2) is 0 Å². The Morgan fingerprint density at radius 2 is 2.13 bits per heavy atom. The molecular weight excluding hydrogens is 186 g/mol. The average Bonchev–Trinajstić information content (AvgIpc) is 2.31. The second kappa shape index (κ2) is 4.79. The van der Waals surface area contributed by atoms with Crippen LogP contribution in [-0.2, 0) is 6.42 Å². The van der Waals surface area contributed by atoms with E-state index in [-0.39, 0.29) is 0 Å². The summed E-state index contributed by atoms with van der Waals surface area (Å²) in [5.74, 6) is 1.01. The highest BCUT2D eigenvalue weighted by Crippen LogP contribution is 2.21. The first kappa shape index (κ1) is 9.97. The van der Waals surface area contributed by atoms with Crippen LogP contribution in [-0.4, -0.2) is 18.1 Å². The largest absolute Gasteiger partial charge is 0.356 e. The maximum absolute atomic E-state index is 8.75. The molecule has 15 heavy (non-hydrogen) atoms. The van der Waals surface area contributed by atoms with Gasteiger partial charge in [-0.2, -0.15) is 5.26 Å². The van der Waals surface area contributed by atoms with E-state index in [9.17, 15) is 0 Å². The van der Waals surface area contributed by atoms with Gasteiger partial charge in [0.2, 0.25) is 0 Å². The number of pyridine rings is 1. The quantitative estimate of drug-likeness (QED) is 0.736. The molecule has 1 aromatic heterocycles. The van der Waals surface area contributed by atoms with Crippen LogP contribution in [0.5, 0.6) is 0 Å². The van der Waals surface area contributed by atoms with Crippen LogP contribution in [0.1, 0.15) is 24.8 Å². The first-order valence-electron chi connectivity index (χ1n) is 5.47. The van der Waals surface area contributed by atoms with Crippen molar-refractivity contribution >= 4 is 5.82 Å². The number of hydrogen-bond acceptors (Lipinski definition) is 3. The fourth-order valence-electron chi connectivity index (χ4n) is 2.04. The van der Waals surface area contributed by atoms with Gasteiger partial charge in [0.05, 0.1) is 12.5 Å². The number of hydrogen-bond donors (Lipinski definition) is 0. The Morgan fingerprint density at radius 3 is 2.87 bits per heavy atom. The number of anilines is 1. The Bertz CT molecular complexity index is 361. The Hall–Kier alpha value is -1.56. The molecule has 0 amide bonds. The molecule has 0 radical (unpaired) electrons. The number of aromatic nitrogens is 1. The maximum Gasteiger partial charge on any atom is 0.132 e. The second-order valence-corrected chi connectivity index (χ2v) is 3.87. The Kier molecular flexibility index (Phi) is 3.18. The Balaban J connectivity index is 2.21. The molecule has 1 aromatic rings. The highest BCUT2D eigenvalue weighted by atomic mass is 15.2. The zero-order valence-electron chi connectivity index (χ0n) is 8.82. The predicted molar refractivity (Wildman–Crippen MR) is 59.6 cm³/mol. The summed E-state index contributed by atoms with van der Waals surface area (Å²) >= 11 is 0. The number of piperidine rings is 1. The van der Waals surface area contributed by atoms with Gasteiger partial charge in [0.1, 0.15) is 5.82 Å². The van der Waals surface area contributed by atoms with Crippen molar-refractivity contribution in [2.45, 2.75) is 25.7 Å². The third-order valence-electron chi connectivity index (χ3n) is 2.79. The fourth-order valence-corrected chi connectivity index (χ4v) is 2.04. The zero-order chi connectivity index (χ0) is 10.5. The molecule has 1 aliphatic rings. The van der Waals surface area contributed by atoms with E-state index < -0.39 is 0 Å². The summed E-state index contributed by atoms with van der Waals surface area (Å²) in [6, 6.07) is 6.10. The Labute approximate surface area is 90.4 Å². The topological polar surface area (TPSA) is 39.9 Å². The van der Waals surface area contributed by atoms with Gasteiger partial charge in [-0.05, 0) is 25.3 Å². The lowest BCUT2D eigenvalue weighted by atomic mass is 10.1. The van der Waals surface area contributed by atoms with Gasteiger partial charge in [-0.15, -0.1) is 0 Å². The molecule has 2 rings (SSSR count). The molecule has 0 spiro atoms. The molecule has 3 nitrogen and oxygen atoms in total. The van der Waals surface area contributed by atoms with Crippen molar-refractivity contribution in [1.29, 1.82) is 5.26 Å². The third kappa shape index (κ3) is 2.27. The number of rotatable bonds is 2. The Morgan fingerprint density at radius 1 is 1.33 bits per heavy atom. The van der Waals surface area contributed by atoms with E-state index in [1.54, 1.807) is 0 Å². The van der Waals surface area contributed by atoms with E-state index in [2.05, 4.69) is 16.0 Å². The highest BCUT2D eigenvalue weighted by molar-refractivity contribution is 5.48. The van der Waals surface area contributed by atoms with Crippen LogP contribution in [0.3, 0.4) is 0 Å². The normalized spacial score (nSPS) is 16.1. The fraction of sp³-hybridized carbons (Fsp3) is 0.500. The lowest BCUT2D eigenvalue weighted by molar-refractivity contribution is 0.572. The van der Waals surface area contributed by atoms with Crippen LogP contribution in [0.2, 0.25) is 0 Å². The molecule has 1 saturated heterocycles. The minimum Gasteiger partial charge on any atom is -0.356 e. The van der Waals surface area contributed by atoms with Gasteiger partial charge in [0, 0.05) is 24.8 Å². The van der Waals surface area contributed by atoms with E-state index in [1.165, 1.54) is 19.3 Å². The van der Waals surface area contributed by atoms with E-state index in [4.69, 9.17) is 5.26 Å². The van der Waals surface area contributed by atoms with Crippen molar-refractivity contribution in [2.75, 3.05) is 18.0 Å². The van der Waals surface area contributed by atoms with Crippen molar-refractivity contribution in [3.63, 3.8) is 0 Å². The van der Waals surface area contributed by atoms with Crippen LogP contribution in [0, 0.1) is 11.3 Å². The summed E-state index contributed by atoms with van der Waals surface area (Å²) < 4.78 is 0. The molecule has 78 valence electrons. The summed E-state index contributed by atoms with van der Waals surface area (Å²) in [6.45, 7) is 2.16. The van der Waals surface area contributed by atoms with Gasteiger partial charge >= 0.3 is 0 Å². The monoisotopic (exact) mass is 201 g/mol.